The minimum Gasteiger partial charge on any atom is -0.309 e. The van der Waals surface area contributed by atoms with Crippen LogP contribution in [0.15, 0.2) is 42.5 Å². The van der Waals surface area contributed by atoms with Crippen LogP contribution in [0.5, 0.6) is 0 Å². The van der Waals surface area contributed by atoms with Gasteiger partial charge in [0, 0.05) is 24.8 Å². The predicted molar refractivity (Wildman–Crippen MR) is 126 cm³/mol. The highest BCUT2D eigenvalue weighted by molar-refractivity contribution is 5.93. The summed E-state index contributed by atoms with van der Waals surface area (Å²) < 4.78 is 0. The highest BCUT2D eigenvalue weighted by atomic mass is 16.2. The van der Waals surface area contributed by atoms with Gasteiger partial charge in [-0.3, -0.25) is 15.1 Å². The summed E-state index contributed by atoms with van der Waals surface area (Å²) in [6.07, 6.45) is 2.44. The molecular formula is C23H35N7O. The monoisotopic (exact) mass is 425 g/mol. The molecule has 4 rings (SSSR count). The number of fused-ring (bicyclic) bond motifs is 1. The van der Waals surface area contributed by atoms with Gasteiger partial charge in [-0.25, -0.2) is 4.79 Å². The van der Waals surface area contributed by atoms with E-state index in [0.717, 1.165) is 48.9 Å². The zero-order chi connectivity index (χ0) is 21.8. The second-order valence-electron chi connectivity index (χ2n) is 8.74. The first-order valence-corrected chi connectivity index (χ1v) is 11.2. The van der Waals surface area contributed by atoms with Crippen molar-refractivity contribution in [2.24, 2.45) is 0 Å². The van der Waals surface area contributed by atoms with Crippen molar-refractivity contribution < 1.29 is 4.79 Å². The normalized spacial score (nSPS) is 27.5. The summed E-state index contributed by atoms with van der Waals surface area (Å²) in [6.45, 7) is 5.25. The highest BCUT2D eigenvalue weighted by Gasteiger charge is 2.32. The summed E-state index contributed by atoms with van der Waals surface area (Å²) in [5.74, 6) is 0. The molecule has 4 unspecified atom stereocenters. The Morgan fingerprint density at radius 2 is 1.97 bits per heavy atom. The largest absolute Gasteiger partial charge is 0.321 e. The van der Waals surface area contributed by atoms with Crippen molar-refractivity contribution in [2.45, 2.75) is 44.4 Å². The van der Waals surface area contributed by atoms with E-state index in [2.05, 4.69) is 56.4 Å². The molecule has 0 aromatic heterocycles. The van der Waals surface area contributed by atoms with E-state index in [1.165, 1.54) is 0 Å². The van der Waals surface area contributed by atoms with Crippen molar-refractivity contribution in [3.63, 3.8) is 0 Å². The van der Waals surface area contributed by atoms with Gasteiger partial charge in [-0.1, -0.05) is 30.3 Å². The standard InChI is InChI=1S/C23H35N7O/c1-16-14-21(24-11-10-20-25-12-13-29(20)2)30(3)22(26-16)28-23(31)27-19-9-8-17-6-4-5-7-18(17)15-19/h4-9,15-16,20-22,24-26H,10-14H2,1-3H3,(H2,27,28,31). The highest BCUT2D eigenvalue weighted by Crippen LogP contribution is 2.19. The number of rotatable bonds is 6. The number of carbonyl (C=O) groups is 1. The SMILES string of the molecule is CC1CC(NCCC2NCCN2C)N(C)C(NC(=O)Nc2ccc3ccccc3c2)N1. The van der Waals surface area contributed by atoms with E-state index in [9.17, 15) is 4.79 Å². The lowest BCUT2D eigenvalue weighted by Gasteiger charge is -2.43. The molecule has 2 aromatic rings. The molecule has 8 heteroatoms. The third-order valence-electron chi connectivity index (χ3n) is 6.37. The molecule has 5 N–H and O–H groups in total. The van der Waals surface area contributed by atoms with Crippen molar-refractivity contribution >= 4 is 22.5 Å². The molecule has 168 valence electrons. The van der Waals surface area contributed by atoms with Gasteiger partial charge in [0.25, 0.3) is 0 Å². The summed E-state index contributed by atoms with van der Waals surface area (Å²) in [4.78, 5) is 17.2. The Bertz CT molecular complexity index is 891. The summed E-state index contributed by atoms with van der Waals surface area (Å²) in [5, 5.41) is 19.0. The summed E-state index contributed by atoms with van der Waals surface area (Å²) in [5.41, 5.74) is 0.783. The minimum atomic E-state index is -0.242. The fraction of sp³-hybridized carbons (Fsp3) is 0.522. The van der Waals surface area contributed by atoms with Crippen LogP contribution in [0.4, 0.5) is 10.5 Å². The number of benzene rings is 2. The first kappa shape index (κ1) is 22.0. The van der Waals surface area contributed by atoms with Crippen LogP contribution in [0, 0.1) is 0 Å². The Morgan fingerprint density at radius 3 is 2.74 bits per heavy atom. The third kappa shape index (κ3) is 5.53. The van der Waals surface area contributed by atoms with E-state index >= 15 is 0 Å². The number of likely N-dealkylation sites (N-methyl/N-ethyl adjacent to an activating group) is 1. The third-order valence-corrected chi connectivity index (χ3v) is 6.37. The van der Waals surface area contributed by atoms with Gasteiger partial charge in [-0.15, -0.1) is 0 Å². The second-order valence-corrected chi connectivity index (χ2v) is 8.74. The number of urea groups is 1. The van der Waals surface area contributed by atoms with Crippen LogP contribution in [0.25, 0.3) is 10.8 Å². The second kappa shape index (κ2) is 9.93. The lowest BCUT2D eigenvalue weighted by molar-refractivity contribution is 0.0437. The lowest BCUT2D eigenvalue weighted by Crippen LogP contribution is -2.68. The number of nitrogens with zero attached hydrogens (tertiary/aromatic N) is 2. The van der Waals surface area contributed by atoms with Crippen molar-refractivity contribution in [1.29, 1.82) is 0 Å². The van der Waals surface area contributed by atoms with Crippen molar-refractivity contribution in [3.8, 4) is 0 Å². The Balaban J connectivity index is 1.30. The smallest absolute Gasteiger partial charge is 0.309 e. The number of hydrogen-bond acceptors (Lipinski definition) is 6. The molecule has 0 spiro atoms. The van der Waals surface area contributed by atoms with Gasteiger partial charge in [0.1, 0.15) is 6.29 Å². The van der Waals surface area contributed by atoms with Crippen LogP contribution in [-0.2, 0) is 0 Å². The van der Waals surface area contributed by atoms with E-state index in [-0.39, 0.29) is 18.5 Å². The number of carbonyl (C=O) groups excluding carboxylic acids is 1. The van der Waals surface area contributed by atoms with Crippen molar-refractivity contribution in [1.82, 2.24) is 31.1 Å². The summed E-state index contributed by atoms with van der Waals surface area (Å²) >= 11 is 0. The summed E-state index contributed by atoms with van der Waals surface area (Å²) in [6, 6.07) is 14.2. The maximum absolute atomic E-state index is 12.7. The van der Waals surface area contributed by atoms with E-state index in [1.807, 2.05) is 43.4 Å². The van der Waals surface area contributed by atoms with Crippen molar-refractivity contribution in [2.75, 3.05) is 39.0 Å². The minimum absolute atomic E-state index is 0.203. The molecule has 0 saturated carbocycles. The van der Waals surface area contributed by atoms with Gasteiger partial charge in [0.15, 0.2) is 0 Å². The molecule has 2 saturated heterocycles. The zero-order valence-corrected chi connectivity index (χ0v) is 18.7. The summed E-state index contributed by atoms with van der Waals surface area (Å²) in [7, 11) is 4.20. The molecule has 2 aromatic carbocycles. The van der Waals surface area contributed by atoms with Crippen LogP contribution >= 0.6 is 0 Å². The van der Waals surface area contributed by atoms with Crippen LogP contribution in [0.3, 0.4) is 0 Å². The topological polar surface area (TPSA) is 83.7 Å². The quantitative estimate of drug-likeness (QED) is 0.485. The number of anilines is 1. The Labute approximate surface area is 184 Å². The van der Waals surface area contributed by atoms with Gasteiger partial charge in [-0.05, 0) is 63.3 Å². The van der Waals surface area contributed by atoms with Crippen LogP contribution in [0.2, 0.25) is 0 Å². The Hall–Kier alpha value is -2.23. The number of nitrogens with one attached hydrogen (secondary N) is 5. The Kier molecular flexibility index (Phi) is 7.04. The number of hydrogen-bond donors (Lipinski definition) is 5. The molecule has 8 nitrogen and oxygen atoms in total. The first-order valence-electron chi connectivity index (χ1n) is 11.2. The molecule has 0 aliphatic carbocycles. The average Bonchev–Trinajstić information content (AvgIpc) is 3.16. The molecule has 2 aliphatic heterocycles. The Morgan fingerprint density at radius 1 is 1.16 bits per heavy atom. The average molecular weight is 426 g/mol. The van der Waals surface area contributed by atoms with E-state index < -0.39 is 0 Å². The van der Waals surface area contributed by atoms with E-state index in [4.69, 9.17) is 0 Å². The van der Waals surface area contributed by atoms with Gasteiger partial charge in [0.05, 0.1) is 12.3 Å². The van der Waals surface area contributed by atoms with E-state index in [0.29, 0.717) is 12.2 Å². The molecule has 0 bridgehead atoms. The molecule has 2 fully saturated rings. The van der Waals surface area contributed by atoms with E-state index in [1.54, 1.807) is 0 Å². The van der Waals surface area contributed by atoms with Crippen LogP contribution < -0.4 is 26.6 Å². The molecular weight excluding hydrogens is 390 g/mol. The van der Waals surface area contributed by atoms with Crippen molar-refractivity contribution in [3.05, 3.63) is 42.5 Å². The molecule has 2 amide bonds. The maximum Gasteiger partial charge on any atom is 0.321 e. The van der Waals surface area contributed by atoms with Gasteiger partial charge in [-0.2, -0.15) is 0 Å². The molecule has 2 aliphatic rings. The molecule has 2 heterocycles. The molecule has 4 atom stereocenters. The maximum atomic E-state index is 12.7. The van der Waals surface area contributed by atoms with Crippen LogP contribution in [0.1, 0.15) is 19.8 Å². The zero-order valence-electron chi connectivity index (χ0n) is 18.7. The fourth-order valence-corrected chi connectivity index (χ4v) is 4.49. The molecule has 0 radical (unpaired) electrons. The van der Waals surface area contributed by atoms with Crippen LogP contribution in [-0.4, -0.2) is 74.2 Å². The van der Waals surface area contributed by atoms with Gasteiger partial charge in [0.2, 0.25) is 0 Å². The van der Waals surface area contributed by atoms with Gasteiger partial charge < -0.3 is 21.3 Å². The number of amides is 2. The fourth-order valence-electron chi connectivity index (χ4n) is 4.49. The first-order chi connectivity index (χ1) is 15.0. The predicted octanol–water partition coefficient (Wildman–Crippen LogP) is 1.73. The van der Waals surface area contributed by atoms with Gasteiger partial charge >= 0.3 is 6.03 Å². The molecule has 31 heavy (non-hydrogen) atoms. The lowest BCUT2D eigenvalue weighted by atomic mass is 10.1.